The van der Waals surface area contributed by atoms with E-state index in [4.69, 9.17) is 16.3 Å². The Bertz CT molecular complexity index is 915. The number of carbonyl (C=O) groups excluding carboxylic acids is 2. The molecule has 2 aromatic rings. The Balaban J connectivity index is 1.91. The van der Waals surface area contributed by atoms with Crippen LogP contribution >= 0.6 is 11.6 Å². The number of nitrogens with one attached hydrogen (secondary N) is 3. The van der Waals surface area contributed by atoms with Crippen LogP contribution < -0.4 is 16.0 Å². The van der Waals surface area contributed by atoms with Gasteiger partial charge < -0.3 is 20.7 Å². The largest absolute Gasteiger partial charge is 0.463 e. The van der Waals surface area contributed by atoms with E-state index in [1.54, 1.807) is 6.92 Å². The van der Waals surface area contributed by atoms with Gasteiger partial charge in [-0.1, -0.05) is 60.1 Å². The van der Waals surface area contributed by atoms with Crippen molar-refractivity contribution in [1.29, 1.82) is 0 Å². The third kappa shape index (κ3) is 4.96. The van der Waals surface area contributed by atoms with Crippen LogP contribution in [-0.2, 0) is 9.53 Å². The van der Waals surface area contributed by atoms with E-state index >= 15 is 0 Å². The van der Waals surface area contributed by atoms with Crippen molar-refractivity contribution in [2.24, 2.45) is 0 Å². The molecule has 0 fully saturated rings. The van der Waals surface area contributed by atoms with Gasteiger partial charge in [0.1, 0.15) is 0 Å². The van der Waals surface area contributed by atoms with E-state index in [1.165, 1.54) is 0 Å². The Morgan fingerprint density at radius 2 is 1.86 bits per heavy atom. The highest BCUT2D eigenvalue weighted by molar-refractivity contribution is 6.31. The minimum Gasteiger partial charge on any atom is -0.463 e. The fourth-order valence-electron chi connectivity index (χ4n) is 3.29. The van der Waals surface area contributed by atoms with E-state index < -0.39 is 12.0 Å². The standard InChI is InChI=1S/C22H24ClN3O3/c1-3-29-21(27)19-18(13-24-14(2)16-11-7-8-12-17(16)23)25-22(28)26-20(19)15-9-5-4-6-10-15/h4-12,14,20,24H,3,13H2,1-2H3,(H2,25,26,28). The van der Waals surface area contributed by atoms with Crippen LogP contribution in [0.1, 0.15) is 37.1 Å². The molecule has 1 aliphatic rings. The second kappa shape index (κ2) is 9.58. The number of ether oxygens (including phenoxy) is 1. The Morgan fingerprint density at radius 3 is 2.55 bits per heavy atom. The quantitative estimate of drug-likeness (QED) is 0.602. The van der Waals surface area contributed by atoms with Gasteiger partial charge in [-0.2, -0.15) is 0 Å². The first kappa shape index (κ1) is 20.9. The highest BCUT2D eigenvalue weighted by Crippen LogP contribution is 2.28. The van der Waals surface area contributed by atoms with Crippen LogP contribution in [0.25, 0.3) is 0 Å². The highest BCUT2D eigenvalue weighted by atomic mass is 35.5. The first-order chi connectivity index (χ1) is 14.0. The lowest BCUT2D eigenvalue weighted by Crippen LogP contribution is -2.48. The van der Waals surface area contributed by atoms with Gasteiger partial charge in [0.15, 0.2) is 0 Å². The summed E-state index contributed by atoms with van der Waals surface area (Å²) >= 11 is 6.28. The van der Waals surface area contributed by atoms with E-state index in [9.17, 15) is 9.59 Å². The van der Waals surface area contributed by atoms with Crippen molar-refractivity contribution in [3.05, 3.63) is 82.0 Å². The summed E-state index contributed by atoms with van der Waals surface area (Å²) in [5.74, 6) is -0.462. The number of amides is 2. The maximum Gasteiger partial charge on any atom is 0.338 e. The lowest BCUT2D eigenvalue weighted by atomic mass is 9.95. The number of urea groups is 1. The minimum atomic E-state index is -0.587. The van der Waals surface area contributed by atoms with Gasteiger partial charge in [0.2, 0.25) is 0 Å². The van der Waals surface area contributed by atoms with Crippen LogP contribution in [0.3, 0.4) is 0 Å². The molecule has 1 aliphatic heterocycles. The van der Waals surface area contributed by atoms with E-state index in [0.717, 1.165) is 11.1 Å². The molecule has 2 atom stereocenters. The zero-order valence-corrected chi connectivity index (χ0v) is 17.1. The molecule has 2 amide bonds. The van der Waals surface area contributed by atoms with Crippen LogP contribution in [0, 0.1) is 0 Å². The van der Waals surface area contributed by atoms with Crippen LogP contribution in [0.5, 0.6) is 0 Å². The van der Waals surface area contributed by atoms with Crippen LogP contribution in [0.15, 0.2) is 65.9 Å². The molecule has 0 saturated carbocycles. The number of hydrogen-bond acceptors (Lipinski definition) is 4. The van der Waals surface area contributed by atoms with Crippen molar-refractivity contribution in [2.75, 3.05) is 13.2 Å². The normalized spacial score (nSPS) is 17.3. The fraction of sp³-hybridized carbons (Fsp3) is 0.273. The molecule has 2 unspecified atom stereocenters. The lowest BCUT2D eigenvalue weighted by Gasteiger charge is -2.30. The summed E-state index contributed by atoms with van der Waals surface area (Å²) in [6, 6.07) is 15.9. The van der Waals surface area contributed by atoms with Crippen molar-refractivity contribution in [1.82, 2.24) is 16.0 Å². The van der Waals surface area contributed by atoms with Gasteiger partial charge in [-0.3, -0.25) is 0 Å². The average molecular weight is 414 g/mol. The monoisotopic (exact) mass is 413 g/mol. The number of rotatable bonds is 7. The molecule has 0 aromatic heterocycles. The van der Waals surface area contributed by atoms with Crippen LogP contribution in [-0.4, -0.2) is 25.2 Å². The predicted octanol–water partition coefficient (Wildman–Crippen LogP) is 3.86. The summed E-state index contributed by atoms with van der Waals surface area (Å²) in [5, 5.41) is 9.58. The van der Waals surface area contributed by atoms with E-state index in [2.05, 4.69) is 16.0 Å². The summed E-state index contributed by atoms with van der Waals surface area (Å²) in [6.45, 7) is 4.25. The number of carbonyl (C=O) groups is 2. The SMILES string of the molecule is CCOC(=O)C1=C(CNC(C)c2ccccc2Cl)NC(=O)NC1c1ccccc1. The van der Waals surface area contributed by atoms with Gasteiger partial charge in [-0.15, -0.1) is 0 Å². The fourth-order valence-corrected chi connectivity index (χ4v) is 3.59. The van der Waals surface area contributed by atoms with Crippen molar-refractivity contribution < 1.29 is 14.3 Å². The summed E-state index contributed by atoms with van der Waals surface area (Å²) in [5.41, 5.74) is 2.62. The molecule has 7 heteroatoms. The molecule has 2 aromatic carbocycles. The maximum atomic E-state index is 12.7. The Morgan fingerprint density at radius 1 is 1.17 bits per heavy atom. The Kier molecular flexibility index (Phi) is 6.90. The molecule has 3 N–H and O–H groups in total. The number of esters is 1. The van der Waals surface area contributed by atoms with Gasteiger partial charge in [0, 0.05) is 23.3 Å². The van der Waals surface area contributed by atoms with Gasteiger partial charge >= 0.3 is 12.0 Å². The summed E-state index contributed by atoms with van der Waals surface area (Å²) < 4.78 is 5.27. The van der Waals surface area contributed by atoms with Crippen LogP contribution in [0.4, 0.5) is 4.79 Å². The van der Waals surface area contributed by atoms with Gasteiger partial charge in [-0.25, -0.2) is 9.59 Å². The van der Waals surface area contributed by atoms with Crippen LogP contribution in [0.2, 0.25) is 5.02 Å². The molecule has 29 heavy (non-hydrogen) atoms. The third-order valence-corrected chi connectivity index (χ3v) is 5.08. The summed E-state index contributed by atoms with van der Waals surface area (Å²) in [6.07, 6.45) is 0. The molecule has 0 saturated heterocycles. The van der Waals surface area contributed by atoms with Crippen molar-refractivity contribution in [2.45, 2.75) is 25.9 Å². The lowest BCUT2D eigenvalue weighted by molar-refractivity contribution is -0.139. The third-order valence-electron chi connectivity index (χ3n) is 4.74. The van der Waals surface area contributed by atoms with Gasteiger partial charge in [-0.05, 0) is 31.0 Å². The predicted molar refractivity (Wildman–Crippen MR) is 112 cm³/mol. The second-order valence-electron chi connectivity index (χ2n) is 6.68. The van der Waals surface area contributed by atoms with Gasteiger partial charge in [0.05, 0.1) is 18.2 Å². The van der Waals surface area contributed by atoms with Crippen molar-refractivity contribution >= 4 is 23.6 Å². The molecule has 6 nitrogen and oxygen atoms in total. The van der Waals surface area contributed by atoms with Gasteiger partial charge in [0.25, 0.3) is 0 Å². The zero-order chi connectivity index (χ0) is 20.8. The maximum absolute atomic E-state index is 12.7. The molecular weight excluding hydrogens is 390 g/mol. The van der Waals surface area contributed by atoms with E-state index in [1.807, 2.05) is 61.5 Å². The molecule has 1 heterocycles. The molecule has 0 bridgehead atoms. The highest BCUT2D eigenvalue weighted by Gasteiger charge is 2.33. The zero-order valence-electron chi connectivity index (χ0n) is 16.4. The molecule has 152 valence electrons. The molecular formula is C22H24ClN3O3. The van der Waals surface area contributed by atoms with Crippen molar-refractivity contribution in [3.63, 3.8) is 0 Å². The van der Waals surface area contributed by atoms with E-state index in [-0.39, 0.29) is 25.2 Å². The summed E-state index contributed by atoms with van der Waals surface area (Å²) in [7, 11) is 0. The average Bonchev–Trinajstić information content (AvgIpc) is 2.72. The number of hydrogen-bond donors (Lipinski definition) is 3. The second-order valence-corrected chi connectivity index (χ2v) is 7.09. The minimum absolute atomic E-state index is 0.0818. The summed E-state index contributed by atoms with van der Waals surface area (Å²) in [4.78, 5) is 25.0. The Labute approximate surface area is 175 Å². The first-order valence-electron chi connectivity index (χ1n) is 9.51. The molecule has 0 radical (unpaired) electrons. The molecule has 3 rings (SSSR count). The topological polar surface area (TPSA) is 79.5 Å². The van der Waals surface area contributed by atoms with Crippen molar-refractivity contribution in [3.8, 4) is 0 Å². The van der Waals surface area contributed by atoms with E-state index in [0.29, 0.717) is 16.3 Å². The smallest absolute Gasteiger partial charge is 0.338 e. The molecule has 0 aliphatic carbocycles. The molecule has 0 spiro atoms. The Hall–Kier alpha value is -2.83. The number of benzene rings is 2. The number of halogens is 1. The first-order valence-corrected chi connectivity index (χ1v) is 9.89.